The minimum absolute atomic E-state index is 0.151. The second-order valence-electron chi connectivity index (χ2n) is 5.42. The molecule has 0 bridgehead atoms. The standard InChI is InChI=1S/C14H18BrNO/c15-12-3-1-2-10(8-12)9-14(16)6-7-17-13(14)11-4-5-11/h1-3,8,11,13H,4-7,9,16H2. The van der Waals surface area contributed by atoms with Gasteiger partial charge in [-0.1, -0.05) is 28.1 Å². The van der Waals surface area contributed by atoms with Crippen molar-refractivity contribution in [2.75, 3.05) is 6.61 Å². The molecule has 0 amide bonds. The van der Waals surface area contributed by atoms with Crippen LogP contribution in [0.5, 0.6) is 0 Å². The first-order valence-corrected chi connectivity index (χ1v) is 7.12. The molecule has 17 heavy (non-hydrogen) atoms. The Morgan fingerprint density at radius 1 is 1.41 bits per heavy atom. The van der Waals surface area contributed by atoms with E-state index in [4.69, 9.17) is 10.5 Å². The Morgan fingerprint density at radius 2 is 2.24 bits per heavy atom. The van der Waals surface area contributed by atoms with E-state index in [2.05, 4.69) is 40.2 Å². The first kappa shape index (κ1) is 11.7. The van der Waals surface area contributed by atoms with Gasteiger partial charge in [0.1, 0.15) is 0 Å². The molecule has 2 fully saturated rings. The molecule has 1 heterocycles. The summed E-state index contributed by atoms with van der Waals surface area (Å²) >= 11 is 3.51. The summed E-state index contributed by atoms with van der Waals surface area (Å²) in [6, 6.07) is 8.44. The van der Waals surface area contributed by atoms with Crippen LogP contribution >= 0.6 is 15.9 Å². The van der Waals surface area contributed by atoms with Crippen molar-refractivity contribution in [3.63, 3.8) is 0 Å². The van der Waals surface area contributed by atoms with Crippen LogP contribution in [0, 0.1) is 5.92 Å². The van der Waals surface area contributed by atoms with Crippen molar-refractivity contribution >= 4 is 15.9 Å². The lowest BCUT2D eigenvalue weighted by Gasteiger charge is -2.30. The summed E-state index contributed by atoms with van der Waals surface area (Å²) in [5.74, 6) is 0.717. The Balaban J connectivity index is 1.78. The van der Waals surface area contributed by atoms with E-state index in [9.17, 15) is 0 Å². The van der Waals surface area contributed by atoms with Crippen LogP contribution in [0.15, 0.2) is 28.7 Å². The quantitative estimate of drug-likeness (QED) is 0.931. The Kier molecular flexibility index (Phi) is 3.01. The maximum Gasteiger partial charge on any atom is 0.0786 e. The molecule has 1 aromatic rings. The molecule has 2 atom stereocenters. The van der Waals surface area contributed by atoms with Crippen LogP contribution in [0.25, 0.3) is 0 Å². The van der Waals surface area contributed by atoms with Gasteiger partial charge >= 0.3 is 0 Å². The van der Waals surface area contributed by atoms with E-state index in [-0.39, 0.29) is 11.6 Å². The highest BCUT2D eigenvalue weighted by molar-refractivity contribution is 9.10. The van der Waals surface area contributed by atoms with Crippen molar-refractivity contribution in [2.24, 2.45) is 11.7 Å². The fraction of sp³-hybridized carbons (Fsp3) is 0.571. The van der Waals surface area contributed by atoms with Crippen LogP contribution in [-0.2, 0) is 11.2 Å². The van der Waals surface area contributed by atoms with Crippen LogP contribution in [0.1, 0.15) is 24.8 Å². The highest BCUT2D eigenvalue weighted by atomic mass is 79.9. The number of rotatable bonds is 3. The highest BCUT2D eigenvalue weighted by Crippen LogP contribution is 2.43. The van der Waals surface area contributed by atoms with Gasteiger partial charge in [0.2, 0.25) is 0 Å². The van der Waals surface area contributed by atoms with Gasteiger partial charge in [-0.3, -0.25) is 0 Å². The fourth-order valence-corrected chi connectivity index (χ4v) is 3.35. The van der Waals surface area contributed by atoms with Gasteiger partial charge < -0.3 is 10.5 Å². The minimum atomic E-state index is -0.151. The zero-order valence-electron chi connectivity index (χ0n) is 9.86. The zero-order chi connectivity index (χ0) is 11.9. The molecule has 2 nitrogen and oxygen atoms in total. The molecule has 3 rings (SSSR count). The SMILES string of the molecule is NC1(Cc2cccc(Br)c2)CCOC1C1CC1. The number of hydrogen-bond acceptors (Lipinski definition) is 2. The number of halogens is 1. The molecular formula is C14H18BrNO. The molecule has 1 aromatic carbocycles. The van der Waals surface area contributed by atoms with Crippen molar-refractivity contribution < 1.29 is 4.74 Å². The molecule has 1 aliphatic carbocycles. The van der Waals surface area contributed by atoms with Crippen LogP contribution in [0.3, 0.4) is 0 Å². The number of hydrogen-bond donors (Lipinski definition) is 1. The van der Waals surface area contributed by atoms with Crippen molar-refractivity contribution in [3.05, 3.63) is 34.3 Å². The predicted octanol–water partition coefficient (Wildman–Crippen LogP) is 2.89. The van der Waals surface area contributed by atoms with Gasteiger partial charge in [0.05, 0.1) is 6.10 Å². The monoisotopic (exact) mass is 295 g/mol. The van der Waals surface area contributed by atoms with E-state index in [1.165, 1.54) is 18.4 Å². The Labute approximate surface area is 111 Å². The molecule has 2 unspecified atom stereocenters. The Hall–Kier alpha value is -0.380. The molecule has 1 saturated heterocycles. The summed E-state index contributed by atoms with van der Waals surface area (Å²) in [6.45, 7) is 0.825. The minimum Gasteiger partial charge on any atom is -0.376 e. The van der Waals surface area contributed by atoms with Gasteiger partial charge in [0.25, 0.3) is 0 Å². The molecule has 2 N–H and O–H groups in total. The Bertz CT molecular complexity index is 418. The number of nitrogens with two attached hydrogens (primary N) is 1. The largest absolute Gasteiger partial charge is 0.376 e. The maximum atomic E-state index is 6.59. The van der Waals surface area contributed by atoms with Crippen LogP contribution in [0.2, 0.25) is 0 Å². The molecule has 3 heteroatoms. The second-order valence-corrected chi connectivity index (χ2v) is 6.33. The first-order chi connectivity index (χ1) is 8.17. The topological polar surface area (TPSA) is 35.2 Å². The lowest BCUT2D eigenvalue weighted by Crippen LogP contribution is -2.50. The average molecular weight is 296 g/mol. The van der Waals surface area contributed by atoms with Gasteiger partial charge in [-0.25, -0.2) is 0 Å². The Morgan fingerprint density at radius 3 is 2.94 bits per heavy atom. The van der Waals surface area contributed by atoms with Crippen LogP contribution < -0.4 is 5.73 Å². The van der Waals surface area contributed by atoms with Crippen molar-refractivity contribution in [3.8, 4) is 0 Å². The summed E-state index contributed by atoms with van der Waals surface area (Å²) in [4.78, 5) is 0. The smallest absolute Gasteiger partial charge is 0.0786 e. The average Bonchev–Trinajstić information content (AvgIpc) is 3.03. The molecule has 1 saturated carbocycles. The van der Waals surface area contributed by atoms with E-state index in [1.54, 1.807) is 0 Å². The van der Waals surface area contributed by atoms with Gasteiger partial charge in [0, 0.05) is 16.6 Å². The maximum absolute atomic E-state index is 6.59. The fourth-order valence-electron chi connectivity index (χ4n) is 2.90. The summed E-state index contributed by atoms with van der Waals surface area (Å²) in [5.41, 5.74) is 7.74. The number of benzene rings is 1. The van der Waals surface area contributed by atoms with E-state index in [1.807, 2.05) is 0 Å². The van der Waals surface area contributed by atoms with Gasteiger partial charge in [0.15, 0.2) is 0 Å². The summed E-state index contributed by atoms with van der Waals surface area (Å²) in [6.07, 6.45) is 4.78. The van der Waals surface area contributed by atoms with Crippen LogP contribution in [0.4, 0.5) is 0 Å². The van der Waals surface area contributed by atoms with Crippen molar-refractivity contribution in [1.82, 2.24) is 0 Å². The molecular weight excluding hydrogens is 278 g/mol. The van der Waals surface area contributed by atoms with E-state index in [0.717, 1.165) is 29.8 Å². The van der Waals surface area contributed by atoms with Gasteiger partial charge in [-0.2, -0.15) is 0 Å². The van der Waals surface area contributed by atoms with Gasteiger partial charge in [-0.15, -0.1) is 0 Å². The number of ether oxygens (including phenoxy) is 1. The van der Waals surface area contributed by atoms with E-state index < -0.39 is 0 Å². The molecule has 2 aliphatic rings. The predicted molar refractivity (Wildman–Crippen MR) is 71.8 cm³/mol. The summed E-state index contributed by atoms with van der Waals surface area (Å²) in [5, 5.41) is 0. The van der Waals surface area contributed by atoms with E-state index >= 15 is 0 Å². The molecule has 0 radical (unpaired) electrons. The van der Waals surface area contributed by atoms with Gasteiger partial charge in [-0.05, 0) is 49.3 Å². The summed E-state index contributed by atoms with van der Waals surface area (Å²) in [7, 11) is 0. The molecule has 1 aliphatic heterocycles. The molecule has 92 valence electrons. The summed E-state index contributed by atoms with van der Waals surface area (Å²) < 4.78 is 6.98. The van der Waals surface area contributed by atoms with Crippen molar-refractivity contribution in [1.29, 1.82) is 0 Å². The van der Waals surface area contributed by atoms with E-state index in [0.29, 0.717) is 0 Å². The third-order valence-corrected chi connectivity index (χ3v) is 4.40. The zero-order valence-corrected chi connectivity index (χ0v) is 11.4. The first-order valence-electron chi connectivity index (χ1n) is 6.32. The molecule has 0 aromatic heterocycles. The van der Waals surface area contributed by atoms with Crippen LogP contribution in [-0.4, -0.2) is 18.2 Å². The third-order valence-electron chi connectivity index (χ3n) is 3.90. The second kappa shape index (κ2) is 4.38. The third kappa shape index (κ3) is 2.42. The molecule has 0 spiro atoms. The van der Waals surface area contributed by atoms with Crippen molar-refractivity contribution in [2.45, 2.75) is 37.3 Å². The highest BCUT2D eigenvalue weighted by Gasteiger charge is 2.48. The normalized spacial score (nSPS) is 32.9. The lowest BCUT2D eigenvalue weighted by molar-refractivity contribution is 0.0626. The lowest BCUT2D eigenvalue weighted by atomic mass is 9.83.